The fraction of sp³-hybridized carbons (Fsp3) is 0.500. The average Bonchev–Trinajstić information content (AvgIpc) is 3.07. The van der Waals surface area contributed by atoms with Crippen molar-refractivity contribution in [3.63, 3.8) is 0 Å². The minimum atomic E-state index is 0.868. The van der Waals surface area contributed by atoms with Crippen molar-refractivity contribution in [3.05, 3.63) is 35.8 Å². The second-order valence-corrected chi connectivity index (χ2v) is 4.82. The van der Waals surface area contributed by atoms with Gasteiger partial charge in [0.2, 0.25) is 0 Å². The predicted octanol–water partition coefficient (Wildman–Crippen LogP) is 1.84. The minimum absolute atomic E-state index is 0.868. The first-order chi connectivity index (χ1) is 9.38. The van der Waals surface area contributed by atoms with Gasteiger partial charge < -0.3 is 9.88 Å². The van der Waals surface area contributed by atoms with Gasteiger partial charge in [0.1, 0.15) is 18.0 Å². The molecule has 0 fully saturated rings. The molecule has 0 bridgehead atoms. The molecule has 2 aromatic heterocycles. The lowest BCUT2D eigenvalue weighted by Gasteiger charge is -2.11. The maximum absolute atomic E-state index is 4.36. The Morgan fingerprint density at radius 3 is 3.11 bits per heavy atom. The van der Waals surface area contributed by atoms with Gasteiger partial charge in [-0.25, -0.2) is 15.0 Å². The number of fused-ring (bicyclic) bond motifs is 1. The lowest BCUT2D eigenvalue weighted by molar-refractivity contribution is 0.679. The van der Waals surface area contributed by atoms with Crippen LogP contribution in [-0.4, -0.2) is 26.1 Å². The first-order valence-electron chi connectivity index (χ1n) is 6.95. The Kier molecular flexibility index (Phi) is 3.44. The Morgan fingerprint density at radius 2 is 2.21 bits per heavy atom. The van der Waals surface area contributed by atoms with Crippen molar-refractivity contribution in [2.45, 2.75) is 39.2 Å². The number of hydrogen-bond acceptors (Lipinski definition) is 4. The third-order valence-corrected chi connectivity index (χ3v) is 3.64. The second kappa shape index (κ2) is 5.38. The Labute approximate surface area is 113 Å². The summed E-state index contributed by atoms with van der Waals surface area (Å²) in [5, 5.41) is 3.43. The zero-order valence-electron chi connectivity index (χ0n) is 11.3. The standard InChI is InChI=1S/C14H19N5/c1-2-13-15-6-8-19(13)9-7-16-14-11-4-3-5-12(11)17-10-18-14/h6,8,10H,2-5,7,9H2,1H3,(H,16,17,18). The zero-order valence-corrected chi connectivity index (χ0v) is 11.3. The molecule has 2 heterocycles. The van der Waals surface area contributed by atoms with E-state index in [9.17, 15) is 0 Å². The van der Waals surface area contributed by atoms with Gasteiger partial charge >= 0.3 is 0 Å². The van der Waals surface area contributed by atoms with Crippen molar-refractivity contribution in [3.8, 4) is 0 Å². The molecular weight excluding hydrogens is 238 g/mol. The first kappa shape index (κ1) is 12.1. The summed E-state index contributed by atoms with van der Waals surface area (Å²) in [4.78, 5) is 13.0. The summed E-state index contributed by atoms with van der Waals surface area (Å²) in [7, 11) is 0. The van der Waals surface area contributed by atoms with Gasteiger partial charge in [0.25, 0.3) is 0 Å². The molecule has 3 rings (SSSR count). The van der Waals surface area contributed by atoms with E-state index >= 15 is 0 Å². The monoisotopic (exact) mass is 257 g/mol. The molecule has 5 nitrogen and oxygen atoms in total. The summed E-state index contributed by atoms with van der Waals surface area (Å²) in [5.74, 6) is 2.15. The molecule has 19 heavy (non-hydrogen) atoms. The normalized spacial score (nSPS) is 13.5. The van der Waals surface area contributed by atoms with Crippen molar-refractivity contribution in [2.24, 2.45) is 0 Å². The fourth-order valence-corrected chi connectivity index (χ4v) is 2.66. The predicted molar refractivity (Wildman–Crippen MR) is 74.2 cm³/mol. The number of rotatable bonds is 5. The highest BCUT2D eigenvalue weighted by Crippen LogP contribution is 2.24. The van der Waals surface area contributed by atoms with Crippen LogP contribution >= 0.6 is 0 Å². The number of hydrogen-bond donors (Lipinski definition) is 1. The highest BCUT2D eigenvalue weighted by molar-refractivity contribution is 5.47. The maximum atomic E-state index is 4.36. The summed E-state index contributed by atoms with van der Waals surface area (Å²) in [6, 6.07) is 0. The van der Waals surface area contributed by atoms with E-state index in [1.165, 1.54) is 17.7 Å². The highest BCUT2D eigenvalue weighted by atomic mass is 15.1. The number of imidazole rings is 1. The van der Waals surface area contributed by atoms with E-state index in [0.29, 0.717) is 0 Å². The van der Waals surface area contributed by atoms with Gasteiger partial charge in [0.05, 0.1) is 0 Å². The Hall–Kier alpha value is -1.91. The molecule has 0 atom stereocenters. The molecule has 5 heteroatoms. The quantitative estimate of drug-likeness (QED) is 0.888. The van der Waals surface area contributed by atoms with Crippen molar-refractivity contribution >= 4 is 5.82 Å². The van der Waals surface area contributed by atoms with Crippen LogP contribution in [0.4, 0.5) is 5.82 Å². The summed E-state index contributed by atoms with van der Waals surface area (Å²) in [6.07, 6.45) is 9.92. The Balaban J connectivity index is 1.63. The molecule has 0 saturated carbocycles. The van der Waals surface area contributed by atoms with Crippen molar-refractivity contribution in [1.82, 2.24) is 19.5 Å². The molecule has 0 radical (unpaired) electrons. The van der Waals surface area contributed by atoms with Crippen LogP contribution in [0.15, 0.2) is 18.7 Å². The van der Waals surface area contributed by atoms with Gasteiger partial charge in [-0.15, -0.1) is 0 Å². The average molecular weight is 257 g/mol. The van der Waals surface area contributed by atoms with Crippen LogP contribution in [-0.2, 0) is 25.8 Å². The SMILES string of the molecule is CCc1nccn1CCNc1ncnc2c1CCC2. The van der Waals surface area contributed by atoms with Crippen molar-refractivity contribution in [1.29, 1.82) is 0 Å². The second-order valence-electron chi connectivity index (χ2n) is 4.82. The van der Waals surface area contributed by atoms with Gasteiger partial charge in [0, 0.05) is 43.2 Å². The lowest BCUT2D eigenvalue weighted by atomic mass is 10.2. The lowest BCUT2D eigenvalue weighted by Crippen LogP contribution is -2.14. The van der Waals surface area contributed by atoms with E-state index in [2.05, 4.69) is 31.8 Å². The van der Waals surface area contributed by atoms with Gasteiger partial charge in [0.15, 0.2) is 0 Å². The van der Waals surface area contributed by atoms with Crippen LogP contribution in [0.1, 0.15) is 30.4 Å². The van der Waals surface area contributed by atoms with E-state index in [1.807, 2.05) is 12.4 Å². The van der Waals surface area contributed by atoms with Crippen LogP contribution in [0.3, 0.4) is 0 Å². The smallest absolute Gasteiger partial charge is 0.132 e. The molecule has 100 valence electrons. The van der Waals surface area contributed by atoms with Gasteiger partial charge in [-0.1, -0.05) is 6.92 Å². The highest BCUT2D eigenvalue weighted by Gasteiger charge is 2.16. The maximum Gasteiger partial charge on any atom is 0.132 e. The van der Waals surface area contributed by atoms with Crippen molar-refractivity contribution < 1.29 is 0 Å². The molecule has 0 spiro atoms. The molecule has 2 aromatic rings. The summed E-state index contributed by atoms with van der Waals surface area (Å²) in [5.41, 5.74) is 2.53. The van der Waals surface area contributed by atoms with E-state index in [-0.39, 0.29) is 0 Å². The number of aromatic nitrogens is 4. The third-order valence-electron chi connectivity index (χ3n) is 3.64. The van der Waals surface area contributed by atoms with Gasteiger partial charge in [-0.3, -0.25) is 0 Å². The molecule has 1 aliphatic carbocycles. The molecular formula is C14H19N5. The molecule has 0 saturated heterocycles. The summed E-state index contributed by atoms with van der Waals surface area (Å²) >= 11 is 0. The van der Waals surface area contributed by atoms with Crippen LogP contribution in [0.2, 0.25) is 0 Å². The van der Waals surface area contributed by atoms with Crippen LogP contribution in [0.5, 0.6) is 0 Å². The molecule has 0 aliphatic heterocycles. The molecule has 0 unspecified atom stereocenters. The van der Waals surface area contributed by atoms with E-state index in [1.54, 1.807) is 6.33 Å². The van der Waals surface area contributed by atoms with Gasteiger partial charge in [-0.05, 0) is 19.3 Å². The van der Waals surface area contributed by atoms with Crippen LogP contribution < -0.4 is 5.32 Å². The minimum Gasteiger partial charge on any atom is -0.368 e. The molecule has 1 N–H and O–H groups in total. The van der Waals surface area contributed by atoms with E-state index in [0.717, 1.165) is 44.0 Å². The third kappa shape index (κ3) is 2.45. The molecule has 0 aromatic carbocycles. The zero-order chi connectivity index (χ0) is 13.1. The first-order valence-corrected chi connectivity index (χ1v) is 6.95. The van der Waals surface area contributed by atoms with Gasteiger partial charge in [-0.2, -0.15) is 0 Å². The Bertz CT molecular complexity index is 561. The fourth-order valence-electron chi connectivity index (χ4n) is 2.66. The van der Waals surface area contributed by atoms with Crippen LogP contribution in [0.25, 0.3) is 0 Å². The number of nitrogens with zero attached hydrogens (tertiary/aromatic N) is 4. The topological polar surface area (TPSA) is 55.6 Å². The molecule has 1 aliphatic rings. The largest absolute Gasteiger partial charge is 0.368 e. The summed E-state index contributed by atoms with van der Waals surface area (Å²) in [6.45, 7) is 3.92. The summed E-state index contributed by atoms with van der Waals surface area (Å²) < 4.78 is 2.19. The van der Waals surface area contributed by atoms with E-state index < -0.39 is 0 Å². The van der Waals surface area contributed by atoms with Crippen LogP contribution in [0, 0.1) is 0 Å². The Morgan fingerprint density at radius 1 is 1.26 bits per heavy atom. The van der Waals surface area contributed by atoms with Crippen molar-refractivity contribution in [2.75, 3.05) is 11.9 Å². The number of anilines is 1. The molecule has 0 amide bonds. The number of nitrogens with one attached hydrogen (secondary N) is 1. The van der Waals surface area contributed by atoms with E-state index in [4.69, 9.17) is 0 Å². The number of aryl methyl sites for hydroxylation is 2.